The van der Waals surface area contributed by atoms with Crippen molar-refractivity contribution in [3.05, 3.63) is 34.9 Å². The summed E-state index contributed by atoms with van der Waals surface area (Å²) >= 11 is 3.50. The zero-order valence-electron chi connectivity index (χ0n) is 12.3. The van der Waals surface area contributed by atoms with E-state index in [1.165, 1.54) is 0 Å². The van der Waals surface area contributed by atoms with Gasteiger partial charge in [0.15, 0.2) is 5.79 Å². The first kappa shape index (κ1) is 14.4. The van der Waals surface area contributed by atoms with Crippen LogP contribution in [0.15, 0.2) is 34.9 Å². The van der Waals surface area contributed by atoms with Crippen molar-refractivity contribution in [2.24, 2.45) is 0 Å². The first-order valence-electron chi connectivity index (χ1n) is 7.72. The number of fused-ring (bicyclic) bond motifs is 1. The Kier molecular flexibility index (Phi) is 3.80. The predicted molar refractivity (Wildman–Crippen MR) is 87.0 cm³/mol. The van der Waals surface area contributed by atoms with Crippen LogP contribution in [0.1, 0.15) is 25.7 Å². The topological polar surface area (TPSA) is 40.6 Å². The molecule has 0 N–H and O–H groups in total. The minimum absolute atomic E-state index is 0.190. The summed E-state index contributed by atoms with van der Waals surface area (Å²) in [6.45, 7) is 1.43. The van der Waals surface area contributed by atoms with Crippen molar-refractivity contribution in [1.29, 1.82) is 0 Å². The van der Waals surface area contributed by atoms with Crippen molar-refractivity contribution >= 4 is 26.7 Å². The van der Waals surface area contributed by atoms with E-state index in [0.29, 0.717) is 19.1 Å². The van der Waals surface area contributed by atoms with E-state index in [2.05, 4.69) is 33.0 Å². The van der Waals surface area contributed by atoms with Crippen LogP contribution in [0.5, 0.6) is 5.88 Å². The molecule has 116 valence electrons. The first-order valence-corrected chi connectivity index (χ1v) is 8.52. The van der Waals surface area contributed by atoms with Gasteiger partial charge in [-0.1, -0.05) is 22.0 Å². The van der Waals surface area contributed by atoms with Crippen molar-refractivity contribution < 1.29 is 14.2 Å². The molecule has 1 aromatic carbocycles. The van der Waals surface area contributed by atoms with Gasteiger partial charge >= 0.3 is 0 Å². The molecule has 22 heavy (non-hydrogen) atoms. The lowest BCUT2D eigenvalue weighted by Gasteiger charge is -2.35. The van der Waals surface area contributed by atoms with Crippen LogP contribution < -0.4 is 4.74 Å². The third-order valence-corrected chi connectivity index (χ3v) is 4.95. The molecule has 0 unspecified atom stereocenters. The van der Waals surface area contributed by atoms with Crippen molar-refractivity contribution in [1.82, 2.24) is 4.98 Å². The molecule has 2 aromatic rings. The third-order valence-electron chi connectivity index (χ3n) is 4.45. The molecular formula is C17H18BrNO3. The van der Waals surface area contributed by atoms with Crippen LogP contribution in [0.2, 0.25) is 0 Å². The molecule has 0 amide bonds. The second kappa shape index (κ2) is 5.80. The molecule has 2 fully saturated rings. The number of benzene rings is 1. The second-order valence-corrected chi connectivity index (χ2v) is 6.85. The Balaban J connectivity index is 1.45. The molecular weight excluding hydrogens is 346 g/mol. The minimum Gasteiger partial charge on any atom is -0.474 e. The van der Waals surface area contributed by atoms with Gasteiger partial charge in [0.1, 0.15) is 6.10 Å². The van der Waals surface area contributed by atoms with Crippen LogP contribution >= 0.6 is 15.9 Å². The van der Waals surface area contributed by atoms with Gasteiger partial charge < -0.3 is 14.2 Å². The van der Waals surface area contributed by atoms with Gasteiger partial charge in [-0.2, -0.15) is 0 Å². The number of aromatic nitrogens is 1. The van der Waals surface area contributed by atoms with Crippen LogP contribution in [0.25, 0.3) is 10.8 Å². The number of pyridine rings is 1. The highest BCUT2D eigenvalue weighted by molar-refractivity contribution is 9.10. The maximum atomic E-state index is 6.07. The quantitative estimate of drug-likeness (QED) is 0.806. The van der Waals surface area contributed by atoms with Crippen LogP contribution in [0.3, 0.4) is 0 Å². The molecule has 2 aliphatic rings. The molecule has 1 aromatic heterocycles. The molecule has 0 radical (unpaired) electrons. The molecule has 0 atom stereocenters. The largest absolute Gasteiger partial charge is 0.474 e. The molecule has 2 heterocycles. The van der Waals surface area contributed by atoms with Gasteiger partial charge in [-0.05, 0) is 30.4 Å². The average molecular weight is 364 g/mol. The fraction of sp³-hybridized carbons (Fsp3) is 0.471. The number of hydrogen-bond acceptors (Lipinski definition) is 4. The lowest BCUT2D eigenvalue weighted by atomic mass is 9.92. The fourth-order valence-corrected chi connectivity index (χ4v) is 3.64. The van der Waals surface area contributed by atoms with Crippen LogP contribution in [0, 0.1) is 0 Å². The highest BCUT2D eigenvalue weighted by atomic mass is 79.9. The highest BCUT2D eigenvalue weighted by Gasteiger charge is 2.40. The lowest BCUT2D eigenvalue weighted by Crippen LogP contribution is -2.38. The summed E-state index contributed by atoms with van der Waals surface area (Å²) in [5, 5.41) is 2.25. The molecule has 1 saturated carbocycles. The van der Waals surface area contributed by atoms with Gasteiger partial charge in [0.25, 0.3) is 0 Å². The van der Waals surface area contributed by atoms with Gasteiger partial charge in [0.2, 0.25) is 5.88 Å². The summed E-state index contributed by atoms with van der Waals surface area (Å²) in [6, 6.07) is 8.16. The molecule has 1 aliphatic carbocycles. The van der Waals surface area contributed by atoms with Gasteiger partial charge in [-0.15, -0.1) is 0 Å². The monoisotopic (exact) mass is 363 g/mol. The molecule has 4 rings (SSSR count). The molecule has 0 bridgehead atoms. The molecule has 5 heteroatoms. The summed E-state index contributed by atoms with van der Waals surface area (Å²) in [6.07, 6.45) is 5.74. The number of ether oxygens (including phenoxy) is 3. The van der Waals surface area contributed by atoms with E-state index in [9.17, 15) is 0 Å². The maximum Gasteiger partial charge on any atom is 0.214 e. The summed E-state index contributed by atoms with van der Waals surface area (Å²) in [7, 11) is 0. The van der Waals surface area contributed by atoms with E-state index in [-0.39, 0.29) is 11.9 Å². The molecule has 1 aliphatic heterocycles. The Morgan fingerprint density at radius 1 is 1.09 bits per heavy atom. The number of rotatable bonds is 2. The maximum absolute atomic E-state index is 6.07. The summed E-state index contributed by atoms with van der Waals surface area (Å²) in [4.78, 5) is 4.42. The number of nitrogens with zero attached hydrogens (tertiary/aromatic N) is 1. The van der Waals surface area contributed by atoms with Gasteiger partial charge in [0.05, 0.1) is 13.2 Å². The Morgan fingerprint density at radius 2 is 1.86 bits per heavy atom. The first-order chi connectivity index (χ1) is 10.7. The predicted octanol–water partition coefficient (Wildman–Crippen LogP) is 4.06. The van der Waals surface area contributed by atoms with E-state index in [1.807, 2.05) is 18.3 Å². The summed E-state index contributed by atoms with van der Waals surface area (Å²) in [5.74, 6) is 0.362. The van der Waals surface area contributed by atoms with Crippen LogP contribution in [-0.4, -0.2) is 30.1 Å². The SMILES string of the molecule is Brc1ccc2cnc(OC3CCC4(CC3)OCCO4)cc2c1. The Hall–Kier alpha value is -1.17. The third kappa shape index (κ3) is 2.85. The van der Waals surface area contributed by atoms with Crippen LogP contribution in [0.4, 0.5) is 0 Å². The van der Waals surface area contributed by atoms with Crippen LogP contribution in [-0.2, 0) is 9.47 Å². The van der Waals surface area contributed by atoms with Gasteiger partial charge in [-0.3, -0.25) is 0 Å². The van der Waals surface area contributed by atoms with E-state index in [0.717, 1.165) is 40.9 Å². The molecule has 1 saturated heterocycles. The lowest BCUT2D eigenvalue weighted by molar-refractivity contribution is -0.186. The van der Waals surface area contributed by atoms with E-state index in [1.54, 1.807) is 0 Å². The van der Waals surface area contributed by atoms with Gasteiger partial charge in [0, 0.05) is 35.0 Å². The van der Waals surface area contributed by atoms with E-state index in [4.69, 9.17) is 14.2 Å². The highest BCUT2D eigenvalue weighted by Crippen LogP contribution is 2.37. The zero-order chi connectivity index (χ0) is 15.0. The van der Waals surface area contributed by atoms with E-state index < -0.39 is 0 Å². The summed E-state index contributed by atoms with van der Waals surface area (Å²) in [5.41, 5.74) is 0. The van der Waals surface area contributed by atoms with Crippen molar-refractivity contribution in [3.8, 4) is 5.88 Å². The normalized spacial score (nSPS) is 21.5. The fourth-order valence-electron chi connectivity index (χ4n) is 3.26. The smallest absolute Gasteiger partial charge is 0.214 e. The van der Waals surface area contributed by atoms with Crippen molar-refractivity contribution in [3.63, 3.8) is 0 Å². The second-order valence-electron chi connectivity index (χ2n) is 5.94. The average Bonchev–Trinajstić information content (AvgIpc) is 2.98. The van der Waals surface area contributed by atoms with E-state index >= 15 is 0 Å². The number of hydrogen-bond donors (Lipinski definition) is 0. The molecule has 4 nitrogen and oxygen atoms in total. The van der Waals surface area contributed by atoms with Crippen molar-refractivity contribution in [2.75, 3.05) is 13.2 Å². The Morgan fingerprint density at radius 3 is 2.64 bits per heavy atom. The Bertz CT molecular complexity index is 675. The molecule has 1 spiro atoms. The minimum atomic E-state index is -0.332. The standard InChI is InChI=1S/C17H18BrNO3/c18-14-2-1-12-11-19-16(10-13(12)9-14)22-15-3-5-17(6-4-15)20-7-8-21-17/h1-2,9-11,15H,3-8H2. The zero-order valence-corrected chi connectivity index (χ0v) is 13.8. The van der Waals surface area contributed by atoms with Crippen molar-refractivity contribution in [2.45, 2.75) is 37.6 Å². The summed E-state index contributed by atoms with van der Waals surface area (Å²) < 4.78 is 18.6. The Labute approximate surface area is 137 Å². The van der Waals surface area contributed by atoms with Gasteiger partial charge in [-0.25, -0.2) is 4.98 Å². The number of halogens is 1.